The summed E-state index contributed by atoms with van der Waals surface area (Å²) in [6.07, 6.45) is 2.24. The van der Waals surface area contributed by atoms with Crippen LogP contribution in [0, 0.1) is 17.6 Å². The first-order chi connectivity index (χ1) is 8.52. The van der Waals surface area contributed by atoms with Gasteiger partial charge >= 0.3 is 5.97 Å². The molecule has 0 amide bonds. The fourth-order valence-electron chi connectivity index (χ4n) is 2.39. The van der Waals surface area contributed by atoms with Crippen molar-refractivity contribution in [1.29, 1.82) is 0 Å². The first-order valence-corrected chi connectivity index (χ1v) is 6.22. The van der Waals surface area contributed by atoms with Crippen LogP contribution in [0.1, 0.15) is 43.2 Å². The zero-order valence-electron chi connectivity index (χ0n) is 10.2. The molecule has 1 atom stereocenters. The van der Waals surface area contributed by atoms with Crippen LogP contribution in [0.25, 0.3) is 0 Å². The number of hydrogen-bond donors (Lipinski definition) is 1. The van der Waals surface area contributed by atoms with Crippen molar-refractivity contribution < 1.29 is 18.7 Å². The molecular formula is C14H16F2O2. The molecule has 4 heteroatoms. The molecule has 1 aromatic carbocycles. The van der Waals surface area contributed by atoms with Gasteiger partial charge in [0, 0.05) is 12.0 Å². The Hall–Kier alpha value is -1.45. The smallest absolute Gasteiger partial charge is 0.303 e. The van der Waals surface area contributed by atoms with Crippen molar-refractivity contribution in [2.24, 2.45) is 5.92 Å². The number of carbonyl (C=O) groups is 1. The van der Waals surface area contributed by atoms with Gasteiger partial charge in [-0.15, -0.1) is 0 Å². The van der Waals surface area contributed by atoms with E-state index >= 15 is 0 Å². The minimum atomic E-state index is -0.936. The van der Waals surface area contributed by atoms with Crippen molar-refractivity contribution >= 4 is 5.97 Å². The molecule has 0 radical (unpaired) electrons. The van der Waals surface area contributed by atoms with Crippen LogP contribution >= 0.6 is 0 Å². The van der Waals surface area contributed by atoms with Crippen LogP contribution < -0.4 is 0 Å². The Morgan fingerprint density at radius 3 is 2.56 bits per heavy atom. The topological polar surface area (TPSA) is 37.3 Å². The second-order valence-electron chi connectivity index (χ2n) is 4.86. The van der Waals surface area contributed by atoms with Crippen LogP contribution in [-0.2, 0) is 11.2 Å². The largest absolute Gasteiger partial charge is 0.481 e. The van der Waals surface area contributed by atoms with Gasteiger partial charge in [-0.3, -0.25) is 4.79 Å². The van der Waals surface area contributed by atoms with Gasteiger partial charge in [0.05, 0.1) is 6.42 Å². The van der Waals surface area contributed by atoms with Crippen LogP contribution in [0.15, 0.2) is 12.1 Å². The lowest BCUT2D eigenvalue weighted by Crippen LogP contribution is -2.11. The molecule has 1 N–H and O–H groups in total. The van der Waals surface area contributed by atoms with E-state index in [4.69, 9.17) is 5.11 Å². The molecule has 0 spiro atoms. The van der Waals surface area contributed by atoms with Gasteiger partial charge in [-0.2, -0.15) is 0 Å². The summed E-state index contributed by atoms with van der Waals surface area (Å²) in [5, 5.41) is 8.90. The molecule has 1 aliphatic carbocycles. The molecule has 1 aromatic rings. The standard InChI is InChI=1S/C14H16F2O2/c1-2-8-5-11(13(16)7-12(8)15)10(6-14(17)18)9-3-4-9/h5,7,9-10H,2-4,6H2,1H3,(H,17,18). The number of aliphatic carboxylic acids is 1. The summed E-state index contributed by atoms with van der Waals surface area (Å²) < 4.78 is 27.2. The summed E-state index contributed by atoms with van der Waals surface area (Å²) in [7, 11) is 0. The predicted octanol–water partition coefficient (Wildman–Crippen LogP) is 3.50. The average molecular weight is 254 g/mol. The zero-order valence-corrected chi connectivity index (χ0v) is 10.2. The molecule has 98 valence electrons. The van der Waals surface area contributed by atoms with E-state index in [1.54, 1.807) is 6.92 Å². The molecule has 0 heterocycles. The SMILES string of the molecule is CCc1cc(C(CC(=O)O)C2CC2)c(F)cc1F. The second-order valence-corrected chi connectivity index (χ2v) is 4.86. The van der Waals surface area contributed by atoms with Gasteiger partial charge in [-0.1, -0.05) is 6.92 Å². The fraction of sp³-hybridized carbons (Fsp3) is 0.500. The third kappa shape index (κ3) is 2.68. The number of benzene rings is 1. The molecule has 1 saturated carbocycles. The number of carboxylic acids is 1. The lowest BCUT2D eigenvalue weighted by Gasteiger charge is -2.16. The quantitative estimate of drug-likeness (QED) is 0.873. The molecule has 2 rings (SSSR count). The summed E-state index contributed by atoms with van der Waals surface area (Å²) in [4.78, 5) is 10.9. The molecule has 1 aliphatic rings. The molecule has 0 aromatic heterocycles. The maximum absolute atomic E-state index is 13.8. The number of carboxylic acid groups (broad SMARTS) is 1. The first-order valence-electron chi connectivity index (χ1n) is 6.22. The molecule has 0 saturated heterocycles. The van der Waals surface area contributed by atoms with Gasteiger partial charge in [-0.05, 0) is 42.4 Å². The molecule has 1 fully saturated rings. The average Bonchev–Trinajstić information content (AvgIpc) is 3.10. The van der Waals surface area contributed by atoms with Crippen LogP contribution in [0.2, 0.25) is 0 Å². The van der Waals surface area contributed by atoms with Crippen molar-refractivity contribution in [1.82, 2.24) is 0 Å². The monoisotopic (exact) mass is 254 g/mol. The van der Waals surface area contributed by atoms with Crippen molar-refractivity contribution in [2.45, 2.75) is 38.5 Å². The van der Waals surface area contributed by atoms with E-state index in [1.807, 2.05) is 0 Å². The second kappa shape index (κ2) is 5.04. The third-order valence-corrected chi connectivity index (χ3v) is 3.53. The minimum absolute atomic E-state index is 0.0869. The zero-order chi connectivity index (χ0) is 13.3. The van der Waals surface area contributed by atoms with Gasteiger partial charge in [0.25, 0.3) is 0 Å². The van der Waals surface area contributed by atoms with Gasteiger partial charge in [-0.25, -0.2) is 8.78 Å². The highest BCUT2D eigenvalue weighted by atomic mass is 19.1. The van der Waals surface area contributed by atoms with Crippen molar-refractivity contribution in [3.05, 3.63) is 34.9 Å². The van der Waals surface area contributed by atoms with Crippen molar-refractivity contribution in [3.63, 3.8) is 0 Å². The Labute approximate surface area is 105 Å². The molecule has 0 aliphatic heterocycles. The molecule has 18 heavy (non-hydrogen) atoms. The Bertz CT molecular complexity index is 467. The first kappa shape index (κ1) is 13.0. The third-order valence-electron chi connectivity index (χ3n) is 3.53. The van der Waals surface area contributed by atoms with Gasteiger partial charge < -0.3 is 5.11 Å². The Balaban J connectivity index is 2.37. The Morgan fingerprint density at radius 1 is 1.39 bits per heavy atom. The van der Waals surface area contributed by atoms with Gasteiger partial charge in [0.15, 0.2) is 0 Å². The fourth-order valence-corrected chi connectivity index (χ4v) is 2.39. The summed E-state index contributed by atoms with van der Waals surface area (Å²) in [5.74, 6) is -2.21. The number of halogens is 2. The highest BCUT2D eigenvalue weighted by molar-refractivity contribution is 5.68. The van der Waals surface area contributed by atoms with Gasteiger partial charge in [0.2, 0.25) is 0 Å². The number of aryl methyl sites for hydroxylation is 1. The van der Waals surface area contributed by atoms with E-state index in [1.165, 1.54) is 6.07 Å². The highest BCUT2D eigenvalue weighted by Crippen LogP contribution is 2.45. The minimum Gasteiger partial charge on any atom is -0.481 e. The van der Waals surface area contributed by atoms with Crippen LogP contribution in [0.4, 0.5) is 8.78 Å². The van der Waals surface area contributed by atoms with E-state index in [0.29, 0.717) is 17.5 Å². The maximum Gasteiger partial charge on any atom is 0.303 e. The maximum atomic E-state index is 13.8. The Kier molecular flexibility index (Phi) is 3.64. The number of rotatable bonds is 5. The van der Waals surface area contributed by atoms with Gasteiger partial charge in [0.1, 0.15) is 11.6 Å². The molecule has 1 unspecified atom stereocenters. The normalized spacial score (nSPS) is 16.6. The Morgan fingerprint density at radius 2 is 2.06 bits per heavy atom. The van der Waals surface area contributed by atoms with E-state index in [9.17, 15) is 13.6 Å². The summed E-state index contributed by atoms with van der Waals surface area (Å²) >= 11 is 0. The lowest BCUT2D eigenvalue weighted by molar-refractivity contribution is -0.137. The summed E-state index contributed by atoms with van der Waals surface area (Å²) in [6.45, 7) is 1.80. The predicted molar refractivity (Wildman–Crippen MR) is 63.5 cm³/mol. The molecule has 0 bridgehead atoms. The van der Waals surface area contributed by atoms with Crippen molar-refractivity contribution in [3.8, 4) is 0 Å². The van der Waals surface area contributed by atoms with Crippen LogP contribution in [-0.4, -0.2) is 11.1 Å². The van der Waals surface area contributed by atoms with Crippen LogP contribution in [0.5, 0.6) is 0 Å². The molecule has 2 nitrogen and oxygen atoms in total. The van der Waals surface area contributed by atoms with E-state index in [2.05, 4.69) is 0 Å². The van der Waals surface area contributed by atoms with E-state index in [0.717, 1.165) is 18.9 Å². The lowest BCUT2D eigenvalue weighted by atomic mass is 9.89. The van der Waals surface area contributed by atoms with Crippen LogP contribution in [0.3, 0.4) is 0 Å². The molecular weight excluding hydrogens is 238 g/mol. The summed E-state index contributed by atoms with van der Waals surface area (Å²) in [5.41, 5.74) is 0.806. The van der Waals surface area contributed by atoms with E-state index in [-0.39, 0.29) is 18.3 Å². The summed E-state index contributed by atoms with van der Waals surface area (Å²) in [6, 6.07) is 2.38. The van der Waals surface area contributed by atoms with Crippen molar-refractivity contribution in [2.75, 3.05) is 0 Å². The van der Waals surface area contributed by atoms with E-state index < -0.39 is 17.6 Å². The number of hydrogen-bond acceptors (Lipinski definition) is 1. The highest BCUT2D eigenvalue weighted by Gasteiger charge is 2.35.